The van der Waals surface area contributed by atoms with E-state index < -0.39 is 16.1 Å². The van der Waals surface area contributed by atoms with Crippen LogP contribution < -0.4 is 14.8 Å². The zero-order chi connectivity index (χ0) is 14.0. The number of rotatable bonds is 4. The fourth-order valence-corrected chi connectivity index (χ4v) is 2.90. The van der Waals surface area contributed by atoms with Crippen molar-refractivity contribution in [3.8, 4) is 5.75 Å². The molecule has 0 spiro atoms. The first-order valence-corrected chi connectivity index (χ1v) is 7.68. The van der Waals surface area contributed by atoms with Crippen LogP contribution in [0.3, 0.4) is 0 Å². The van der Waals surface area contributed by atoms with Gasteiger partial charge in [0.1, 0.15) is 5.75 Å². The van der Waals surface area contributed by atoms with Gasteiger partial charge in [-0.25, -0.2) is 8.42 Å². The van der Waals surface area contributed by atoms with Crippen molar-refractivity contribution in [1.29, 1.82) is 0 Å². The largest absolute Gasteiger partial charge is 0.479 e. The number of hydrogen-bond acceptors (Lipinski definition) is 4. The van der Waals surface area contributed by atoms with E-state index in [0.29, 0.717) is 23.5 Å². The average molecular weight is 284 g/mol. The highest BCUT2D eigenvalue weighted by Crippen LogP contribution is 2.32. The predicted octanol–water partition coefficient (Wildman–Crippen LogP) is 1.56. The summed E-state index contributed by atoms with van der Waals surface area (Å²) in [6.45, 7) is 3.44. The molecule has 1 aliphatic heterocycles. The normalized spacial score (nSPS) is 18.2. The lowest BCUT2D eigenvalue weighted by atomic mass is 10.2. The van der Waals surface area contributed by atoms with Gasteiger partial charge < -0.3 is 10.1 Å². The minimum Gasteiger partial charge on any atom is -0.479 e. The molecule has 0 radical (unpaired) electrons. The zero-order valence-electron chi connectivity index (χ0n) is 10.8. The summed E-state index contributed by atoms with van der Waals surface area (Å²) in [7, 11) is -3.34. The average Bonchev–Trinajstić information content (AvgIpc) is 2.30. The maximum absolute atomic E-state index is 11.7. The highest BCUT2D eigenvalue weighted by Gasteiger charge is 2.23. The first-order valence-electron chi connectivity index (χ1n) is 6.03. The van der Waals surface area contributed by atoms with E-state index >= 15 is 0 Å². The summed E-state index contributed by atoms with van der Waals surface area (Å²) in [4.78, 5) is 11.5. The molecule has 1 aromatic rings. The lowest BCUT2D eigenvalue weighted by Gasteiger charge is -2.23. The van der Waals surface area contributed by atoms with E-state index in [1.807, 2.05) is 0 Å². The molecule has 1 heterocycles. The number of carbonyl (C=O) groups excluding carboxylic acids is 1. The second-order valence-electron chi connectivity index (χ2n) is 4.38. The Bertz CT molecular complexity index is 598. The van der Waals surface area contributed by atoms with E-state index in [0.717, 1.165) is 0 Å². The summed E-state index contributed by atoms with van der Waals surface area (Å²) in [6, 6.07) is 4.79. The minimum absolute atomic E-state index is 0.0595. The minimum atomic E-state index is -3.34. The van der Waals surface area contributed by atoms with Gasteiger partial charge in [0.2, 0.25) is 10.0 Å². The highest BCUT2D eigenvalue weighted by molar-refractivity contribution is 7.92. The van der Waals surface area contributed by atoms with Crippen molar-refractivity contribution in [2.45, 2.75) is 26.4 Å². The van der Waals surface area contributed by atoms with E-state index in [2.05, 4.69) is 10.0 Å². The quantitative estimate of drug-likeness (QED) is 0.878. The number of ether oxygens (including phenoxy) is 1. The van der Waals surface area contributed by atoms with Crippen LogP contribution in [0, 0.1) is 0 Å². The fraction of sp³-hybridized carbons (Fsp3) is 0.417. The molecule has 1 aromatic carbocycles. The van der Waals surface area contributed by atoms with E-state index in [9.17, 15) is 13.2 Å². The zero-order valence-corrected chi connectivity index (χ0v) is 11.6. The first kappa shape index (κ1) is 13.7. The Morgan fingerprint density at radius 3 is 2.84 bits per heavy atom. The third-order valence-electron chi connectivity index (χ3n) is 2.66. The lowest BCUT2D eigenvalue weighted by Crippen LogP contribution is -2.34. The highest BCUT2D eigenvalue weighted by atomic mass is 32.2. The van der Waals surface area contributed by atoms with Crippen molar-refractivity contribution < 1.29 is 17.9 Å². The molecule has 0 saturated heterocycles. The Labute approximate surface area is 112 Å². The van der Waals surface area contributed by atoms with E-state index in [1.54, 1.807) is 32.0 Å². The number of nitrogens with one attached hydrogen (secondary N) is 2. The van der Waals surface area contributed by atoms with Crippen molar-refractivity contribution in [3.63, 3.8) is 0 Å². The van der Waals surface area contributed by atoms with Crippen LogP contribution in [0.5, 0.6) is 5.75 Å². The second-order valence-corrected chi connectivity index (χ2v) is 6.22. The number of fused-ring (bicyclic) bond motifs is 1. The Morgan fingerprint density at radius 2 is 2.16 bits per heavy atom. The number of benzene rings is 1. The summed E-state index contributed by atoms with van der Waals surface area (Å²) in [5.41, 5.74) is 0.880. The maximum atomic E-state index is 11.7. The van der Waals surface area contributed by atoms with Crippen molar-refractivity contribution in [2.75, 3.05) is 15.8 Å². The third kappa shape index (κ3) is 3.17. The van der Waals surface area contributed by atoms with Crippen molar-refractivity contribution >= 4 is 27.3 Å². The van der Waals surface area contributed by atoms with Gasteiger partial charge in [0.05, 0.1) is 17.1 Å². The molecule has 0 aromatic heterocycles. The van der Waals surface area contributed by atoms with Crippen molar-refractivity contribution in [1.82, 2.24) is 0 Å². The first-order chi connectivity index (χ1) is 8.91. The number of carbonyl (C=O) groups is 1. The van der Waals surface area contributed by atoms with Gasteiger partial charge in [-0.1, -0.05) is 6.92 Å². The van der Waals surface area contributed by atoms with E-state index in [4.69, 9.17) is 4.74 Å². The molecule has 0 aliphatic carbocycles. The van der Waals surface area contributed by atoms with Gasteiger partial charge in [0.25, 0.3) is 5.91 Å². The number of amides is 1. The number of sulfonamides is 1. The SMILES string of the molecule is CCCS(=O)(=O)Nc1ccc2c(c1)NC(=O)C(C)O2. The molecule has 0 fully saturated rings. The lowest BCUT2D eigenvalue weighted by molar-refractivity contribution is -0.122. The number of hydrogen-bond donors (Lipinski definition) is 2. The molecule has 1 aliphatic rings. The smallest absolute Gasteiger partial charge is 0.265 e. The van der Waals surface area contributed by atoms with Gasteiger partial charge in [-0.2, -0.15) is 0 Å². The molecule has 19 heavy (non-hydrogen) atoms. The summed E-state index contributed by atoms with van der Waals surface area (Å²) in [6.07, 6.45) is -0.00685. The van der Waals surface area contributed by atoms with Crippen molar-refractivity contribution in [3.05, 3.63) is 18.2 Å². The van der Waals surface area contributed by atoms with Crippen LogP contribution in [0.2, 0.25) is 0 Å². The molecule has 2 N–H and O–H groups in total. The topological polar surface area (TPSA) is 84.5 Å². The monoisotopic (exact) mass is 284 g/mol. The van der Waals surface area contributed by atoms with Gasteiger partial charge in [-0.05, 0) is 31.5 Å². The third-order valence-corrected chi connectivity index (χ3v) is 4.15. The molecule has 0 bridgehead atoms. The maximum Gasteiger partial charge on any atom is 0.265 e. The molecule has 104 valence electrons. The standard InChI is InChI=1S/C12H16N2O4S/c1-3-6-19(16,17)14-9-4-5-11-10(7-9)13-12(15)8(2)18-11/h4-5,7-8,14H,3,6H2,1-2H3,(H,13,15). The summed E-state index contributed by atoms with van der Waals surface area (Å²) >= 11 is 0. The van der Waals surface area contributed by atoms with E-state index in [-0.39, 0.29) is 11.7 Å². The Balaban J connectivity index is 2.23. The number of anilines is 2. The Morgan fingerprint density at radius 1 is 1.42 bits per heavy atom. The molecule has 0 saturated carbocycles. The molecule has 2 rings (SSSR count). The summed E-state index contributed by atoms with van der Waals surface area (Å²) in [5.74, 6) is 0.343. The Hall–Kier alpha value is -1.76. The predicted molar refractivity (Wildman–Crippen MR) is 72.9 cm³/mol. The van der Waals surface area contributed by atoms with Crippen molar-refractivity contribution in [2.24, 2.45) is 0 Å². The van der Waals surface area contributed by atoms with Gasteiger partial charge in [0.15, 0.2) is 6.10 Å². The van der Waals surface area contributed by atoms with Crippen LogP contribution in [0.4, 0.5) is 11.4 Å². The van der Waals surface area contributed by atoms with Crippen LogP contribution in [-0.4, -0.2) is 26.2 Å². The molecule has 6 nitrogen and oxygen atoms in total. The van der Waals surface area contributed by atoms with Crippen LogP contribution in [-0.2, 0) is 14.8 Å². The van der Waals surface area contributed by atoms with Gasteiger partial charge in [0, 0.05) is 0 Å². The fourth-order valence-electron chi connectivity index (χ4n) is 1.77. The van der Waals surface area contributed by atoms with Crippen LogP contribution in [0.1, 0.15) is 20.3 Å². The summed E-state index contributed by atoms with van der Waals surface area (Å²) < 4.78 is 31.2. The van der Waals surface area contributed by atoms with E-state index in [1.165, 1.54) is 0 Å². The summed E-state index contributed by atoms with van der Waals surface area (Å²) in [5, 5.41) is 2.67. The Kier molecular flexibility index (Phi) is 3.66. The van der Waals surface area contributed by atoms with Crippen LogP contribution in [0.25, 0.3) is 0 Å². The van der Waals surface area contributed by atoms with Gasteiger partial charge in [-0.3, -0.25) is 9.52 Å². The molecule has 7 heteroatoms. The van der Waals surface area contributed by atoms with Crippen LogP contribution in [0.15, 0.2) is 18.2 Å². The molecular formula is C12H16N2O4S. The second kappa shape index (κ2) is 5.08. The van der Waals surface area contributed by atoms with Crippen LogP contribution >= 0.6 is 0 Å². The molecule has 1 amide bonds. The molecular weight excluding hydrogens is 268 g/mol. The molecule has 1 unspecified atom stereocenters. The van der Waals surface area contributed by atoms with Gasteiger partial charge >= 0.3 is 0 Å². The molecule has 1 atom stereocenters. The van der Waals surface area contributed by atoms with Gasteiger partial charge in [-0.15, -0.1) is 0 Å².